The van der Waals surface area contributed by atoms with E-state index in [1.807, 2.05) is 45.1 Å². The highest BCUT2D eigenvalue weighted by Crippen LogP contribution is 2.28. The first-order valence-electron chi connectivity index (χ1n) is 21.1. The minimum Gasteiger partial charge on any atom is -0.457 e. The molecule has 0 aromatic rings. The number of hydrogen-bond acceptors (Lipinski definition) is 11. The summed E-state index contributed by atoms with van der Waals surface area (Å²) in [6.45, 7) is 16.3. The number of alkyl carbamates (subject to hydrolysis) is 1. The molecule has 4 rings (SSSR count). The first kappa shape index (κ1) is 46.1. The second-order valence-corrected chi connectivity index (χ2v) is 17.8. The van der Waals surface area contributed by atoms with Crippen LogP contribution in [0.2, 0.25) is 0 Å². The van der Waals surface area contributed by atoms with E-state index in [0.29, 0.717) is 38.6 Å². The van der Waals surface area contributed by atoms with E-state index in [4.69, 9.17) is 18.9 Å². The van der Waals surface area contributed by atoms with E-state index in [1.54, 1.807) is 43.6 Å². The van der Waals surface area contributed by atoms with Crippen molar-refractivity contribution in [1.82, 2.24) is 20.0 Å². The second-order valence-electron chi connectivity index (χ2n) is 17.8. The fourth-order valence-electron chi connectivity index (χ4n) is 7.89. The number of hydrogen-bond donors (Lipinski definition) is 3. The molecule has 0 bridgehead atoms. The summed E-state index contributed by atoms with van der Waals surface area (Å²) in [6, 6.07) is 0.364. The predicted molar refractivity (Wildman–Crippen MR) is 216 cm³/mol. The predicted octanol–water partition coefficient (Wildman–Crippen LogP) is 6.11. The molecule has 0 spiro atoms. The molecule has 0 aromatic carbocycles. The van der Waals surface area contributed by atoms with Crippen molar-refractivity contribution in [2.75, 3.05) is 45.9 Å². The number of carbonyl (C=O) groups is 4. The molecule has 0 aromatic heterocycles. The topological polar surface area (TPSA) is 167 Å². The number of likely N-dealkylation sites (tertiary alicyclic amines) is 1. The van der Waals surface area contributed by atoms with Crippen LogP contribution in [0.3, 0.4) is 0 Å². The second kappa shape index (κ2) is 21.4. The molecule has 14 heteroatoms. The molecule has 14 nitrogen and oxygen atoms in total. The zero-order valence-electron chi connectivity index (χ0n) is 35.5. The summed E-state index contributed by atoms with van der Waals surface area (Å²) in [6.07, 6.45) is 13.0. The van der Waals surface area contributed by atoms with E-state index in [0.717, 1.165) is 18.7 Å². The lowest BCUT2D eigenvalue weighted by Crippen LogP contribution is -2.53. The average Bonchev–Trinajstić information content (AvgIpc) is 3.43. The van der Waals surface area contributed by atoms with Gasteiger partial charge in [0, 0.05) is 57.1 Å². The summed E-state index contributed by atoms with van der Waals surface area (Å²) in [5.41, 5.74) is -1.36. The van der Waals surface area contributed by atoms with Gasteiger partial charge in [-0.2, -0.15) is 0 Å². The van der Waals surface area contributed by atoms with Crippen LogP contribution in [-0.4, -0.2) is 137 Å². The first-order chi connectivity index (χ1) is 26.9. The molecule has 4 aliphatic rings. The number of nitrogens with one attached hydrogen (secondary N) is 1. The van der Waals surface area contributed by atoms with Gasteiger partial charge in [-0.25, -0.2) is 14.4 Å². The number of carbonyl (C=O) groups excluding carboxylic acids is 4. The Labute approximate surface area is 339 Å². The minimum atomic E-state index is -1.49. The maximum atomic E-state index is 13.5. The third-order valence-corrected chi connectivity index (χ3v) is 11.4. The Balaban J connectivity index is 1.33. The van der Waals surface area contributed by atoms with Gasteiger partial charge >= 0.3 is 24.2 Å². The summed E-state index contributed by atoms with van der Waals surface area (Å²) < 4.78 is 22.8. The molecule has 1 saturated carbocycles. The maximum Gasteiger partial charge on any atom is 0.410 e. The van der Waals surface area contributed by atoms with Crippen LogP contribution in [0.4, 0.5) is 14.4 Å². The third kappa shape index (κ3) is 15.2. The number of ether oxygens (including phenoxy) is 4. The van der Waals surface area contributed by atoms with Crippen molar-refractivity contribution in [3.05, 3.63) is 36.0 Å². The highest BCUT2D eigenvalue weighted by atomic mass is 16.6. The number of rotatable bonds is 8. The third-order valence-electron chi connectivity index (χ3n) is 11.4. The monoisotopic (exact) mass is 803 g/mol. The van der Waals surface area contributed by atoms with Crippen molar-refractivity contribution in [1.29, 1.82) is 0 Å². The fourth-order valence-corrected chi connectivity index (χ4v) is 7.89. The Morgan fingerprint density at radius 1 is 1.00 bits per heavy atom. The zero-order chi connectivity index (χ0) is 41.8. The Bertz CT molecular complexity index is 1420. The van der Waals surface area contributed by atoms with Gasteiger partial charge in [0.1, 0.15) is 17.3 Å². The van der Waals surface area contributed by atoms with Gasteiger partial charge in [0.2, 0.25) is 0 Å². The van der Waals surface area contributed by atoms with E-state index in [-0.39, 0.29) is 43.7 Å². The largest absolute Gasteiger partial charge is 0.457 e. The summed E-state index contributed by atoms with van der Waals surface area (Å²) in [5, 5.41) is 25.1. The lowest BCUT2D eigenvalue weighted by molar-refractivity contribution is -0.151. The summed E-state index contributed by atoms with van der Waals surface area (Å²) >= 11 is 0. The quantitative estimate of drug-likeness (QED) is 0.0853. The van der Waals surface area contributed by atoms with Crippen molar-refractivity contribution in [3.63, 3.8) is 0 Å². The van der Waals surface area contributed by atoms with E-state index in [2.05, 4.69) is 10.2 Å². The molecule has 57 heavy (non-hydrogen) atoms. The molecule has 3 amide bonds. The molecule has 2 saturated heterocycles. The number of piperazine rings is 1. The van der Waals surface area contributed by atoms with Crippen molar-refractivity contribution in [2.45, 2.75) is 154 Å². The highest BCUT2D eigenvalue weighted by molar-refractivity contribution is 5.71. The Hall–Kier alpha value is -3.62. The molecule has 3 heterocycles. The highest BCUT2D eigenvalue weighted by Gasteiger charge is 2.37. The van der Waals surface area contributed by atoms with E-state index in [1.165, 1.54) is 38.5 Å². The number of amides is 3. The van der Waals surface area contributed by atoms with Gasteiger partial charge in [-0.05, 0) is 78.4 Å². The Morgan fingerprint density at radius 3 is 2.35 bits per heavy atom. The number of cyclic esters (lactones) is 1. The minimum absolute atomic E-state index is 0.109. The van der Waals surface area contributed by atoms with Crippen LogP contribution in [0.25, 0.3) is 0 Å². The van der Waals surface area contributed by atoms with Crippen LogP contribution < -0.4 is 5.32 Å². The van der Waals surface area contributed by atoms with Crippen LogP contribution in [0.1, 0.15) is 113 Å². The van der Waals surface area contributed by atoms with Crippen LogP contribution in [0.5, 0.6) is 0 Å². The molecule has 322 valence electrons. The standard InChI is InChI=1S/C43H70N4O10/c1-30(29-54-40(51)47-22-20-33(28-47)44-39(50)57-42(4,5)6)13-12-14-31(2)38-32(3)17-18-36(43(7,53)21-19-35(48)27-37(49)56-38)55-41(52)46-25-23-45(24-26-46)34-15-10-8-9-11-16-34/h12-14,17-18,30,32-36,38,48,53H,8-11,15-16,19-29H2,1-7H3,(H,44,50)/b13-12+,18-17-,31-14+/t30-,32+,33+,35+,36+,38-,43+/m1/s1. The van der Waals surface area contributed by atoms with Gasteiger partial charge < -0.3 is 44.3 Å². The van der Waals surface area contributed by atoms with Crippen molar-refractivity contribution >= 4 is 24.2 Å². The maximum absolute atomic E-state index is 13.5. The molecule has 0 radical (unpaired) electrons. The number of allylic oxidation sites excluding steroid dienone is 2. The van der Waals surface area contributed by atoms with E-state index in [9.17, 15) is 29.4 Å². The lowest BCUT2D eigenvalue weighted by Gasteiger charge is -2.40. The van der Waals surface area contributed by atoms with Gasteiger partial charge in [-0.3, -0.25) is 9.69 Å². The molecule has 3 N–H and O–H groups in total. The molecular formula is C43H70N4O10. The van der Waals surface area contributed by atoms with Gasteiger partial charge in [0.15, 0.2) is 6.10 Å². The van der Waals surface area contributed by atoms with Crippen LogP contribution in [0, 0.1) is 11.8 Å². The van der Waals surface area contributed by atoms with Gasteiger partial charge in [-0.1, -0.05) is 63.8 Å². The normalized spacial score (nSPS) is 30.4. The summed E-state index contributed by atoms with van der Waals surface area (Å²) in [5.74, 6) is -1.05. The smallest absolute Gasteiger partial charge is 0.410 e. The molecule has 3 aliphatic heterocycles. The van der Waals surface area contributed by atoms with E-state index < -0.39 is 53.8 Å². The number of aliphatic hydroxyl groups excluding tert-OH is 1. The van der Waals surface area contributed by atoms with Crippen LogP contribution >= 0.6 is 0 Å². The van der Waals surface area contributed by atoms with Crippen LogP contribution in [0.15, 0.2) is 36.0 Å². The SMILES string of the molecule is C/C(=C\C=C\[C@@H](C)COC(=O)N1CC[C@H](NC(=O)OC(C)(C)C)C1)[C@H]1OC(=O)C[C@@H](O)CC[C@](C)(O)[C@@H](OC(=O)N2CCN(C3CCCCCC3)CC2)/C=C\[C@@H]1C. The molecule has 0 unspecified atom stereocenters. The molecular weight excluding hydrogens is 732 g/mol. The molecule has 1 aliphatic carbocycles. The first-order valence-corrected chi connectivity index (χ1v) is 21.1. The van der Waals surface area contributed by atoms with E-state index >= 15 is 0 Å². The molecule has 7 atom stereocenters. The summed E-state index contributed by atoms with van der Waals surface area (Å²) in [7, 11) is 0. The van der Waals surface area contributed by atoms with Crippen LogP contribution in [-0.2, 0) is 23.7 Å². The van der Waals surface area contributed by atoms with Gasteiger partial charge in [0.05, 0.1) is 25.2 Å². The average molecular weight is 803 g/mol. The Morgan fingerprint density at radius 2 is 1.68 bits per heavy atom. The summed E-state index contributed by atoms with van der Waals surface area (Å²) in [4.78, 5) is 57.1. The Kier molecular flexibility index (Phi) is 17.3. The lowest BCUT2D eigenvalue weighted by atomic mass is 9.89. The molecule has 3 fully saturated rings. The van der Waals surface area contributed by atoms with Crippen molar-refractivity contribution in [2.24, 2.45) is 11.8 Å². The number of esters is 1. The number of aliphatic hydroxyl groups is 2. The van der Waals surface area contributed by atoms with Crippen molar-refractivity contribution in [3.8, 4) is 0 Å². The van der Waals surface area contributed by atoms with Gasteiger partial charge in [0.25, 0.3) is 0 Å². The zero-order valence-corrected chi connectivity index (χ0v) is 35.5. The van der Waals surface area contributed by atoms with Crippen molar-refractivity contribution < 1.29 is 48.3 Å². The van der Waals surface area contributed by atoms with Gasteiger partial charge in [-0.15, -0.1) is 0 Å². The number of nitrogens with zero attached hydrogens (tertiary/aromatic N) is 3. The fraction of sp³-hybridized carbons (Fsp3) is 0.767.